The van der Waals surface area contributed by atoms with Crippen molar-refractivity contribution in [2.24, 2.45) is 18.4 Å². The third kappa shape index (κ3) is 2.41. The second kappa shape index (κ2) is 4.76. The quantitative estimate of drug-likeness (QED) is 0.884. The van der Waals surface area contributed by atoms with Crippen LogP contribution in [0.2, 0.25) is 5.15 Å². The molecule has 1 rings (SSSR count). The molecule has 1 unspecified atom stereocenters. The van der Waals surface area contributed by atoms with E-state index in [2.05, 4.69) is 25.9 Å². The summed E-state index contributed by atoms with van der Waals surface area (Å²) in [6.07, 6.45) is 0.764. The van der Waals surface area contributed by atoms with Crippen molar-refractivity contribution in [3.05, 3.63) is 16.4 Å². The van der Waals surface area contributed by atoms with Gasteiger partial charge in [0.25, 0.3) is 0 Å². The molecule has 0 aromatic carbocycles. The molecule has 92 valence electrons. The monoisotopic (exact) mass is 244 g/mol. The lowest BCUT2D eigenvalue weighted by Gasteiger charge is -2.31. The van der Waals surface area contributed by atoms with E-state index in [4.69, 9.17) is 11.6 Å². The van der Waals surface area contributed by atoms with E-state index >= 15 is 0 Å². The molecular formula is C12H21ClN2O. The van der Waals surface area contributed by atoms with Crippen LogP contribution in [0.3, 0.4) is 0 Å². The van der Waals surface area contributed by atoms with Gasteiger partial charge in [-0.15, -0.1) is 0 Å². The molecule has 1 atom stereocenters. The summed E-state index contributed by atoms with van der Waals surface area (Å²) in [5, 5.41) is 14.5. The molecule has 1 N–H and O–H groups in total. The first-order chi connectivity index (χ1) is 7.31. The predicted octanol–water partition coefficient (Wildman–Crippen LogP) is 2.58. The van der Waals surface area contributed by atoms with Gasteiger partial charge < -0.3 is 5.11 Å². The fraction of sp³-hybridized carbons (Fsp3) is 0.750. The Balaban J connectivity index is 3.03. The molecule has 16 heavy (non-hydrogen) atoms. The van der Waals surface area contributed by atoms with E-state index < -0.39 is 0 Å². The molecule has 0 saturated carbocycles. The Bertz CT molecular complexity index is 373. The summed E-state index contributed by atoms with van der Waals surface area (Å²) in [6.45, 7) is 8.45. The molecule has 0 radical (unpaired) electrons. The van der Waals surface area contributed by atoms with E-state index in [1.165, 1.54) is 0 Å². The minimum atomic E-state index is -0.141. The van der Waals surface area contributed by atoms with Crippen LogP contribution in [0.25, 0.3) is 0 Å². The standard InChI is InChI=1S/C12H21ClN2O/c1-8(2)12(4,7-16)6-10-9(3)14-15(5)11(10)13/h8,16H,6-7H2,1-5H3. The van der Waals surface area contributed by atoms with Gasteiger partial charge in [0.05, 0.1) is 5.69 Å². The van der Waals surface area contributed by atoms with Crippen LogP contribution in [0.15, 0.2) is 0 Å². The lowest BCUT2D eigenvalue weighted by Crippen LogP contribution is -2.30. The summed E-state index contributed by atoms with van der Waals surface area (Å²) in [5.41, 5.74) is 1.86. The topological polar surface area (TPSA) is 38.0 Å². The molecule has 4 heteroatoms. The minimum absolute atomic E-state index is 0.141. The Labute approximate surface area is 102 Å². The molecule has 1 heterocycles. The Morgan fingerprint density at radius 3 is 2.38 bits per heavy atom. The van der Waals surface area contributed by atoms with Gasteiger partial charge in [-0.05, 0) is 24.7 Å². The maximum Gasteiger partial charge on any atom is 0.130 e. The fourth-order valence-corrected chi connectivity index (χ4v) is 1.96. The number of hydrogen-bond donors (Lipinski definition) is 1. The molecule has 3 nitrogen and oxygen atoms in total. The van der Waals surface area contributed by atoms with Crippen LogP contribution in [0, 0.1) is 18.3 Å². The number of aromatic nitrogens is 2. The zero-order chi connectivity index (χ0) is 12.5. The highest BCUT2D eigenvalue weighted by Crippen LogP contribution is 2.34. The summed E-state index contributed by atoms with van der Waals surface area (Å²) in [6, 6.07) is 0. The summed E-state index contributed by atoms with van der Waals surface area (Å²) >= 11 is 6.20. The van der Waals surface area contributed by atoms with Gasteiger partial charge in [0.2, 0.25) is 0 Å². The molecule has 0 aliphatic rings. The maximum absolute atomic E-state index is 9.54. The predicted molar refractivity (Wildman–Crippen MR) is 66.7 cm³/mol. The van der Waals surface area contributed by atoms with Crippen molar-refractivity contribution in [2.45, 2.75) is 34.1 Å². The van der Waals surface area contributed by atoms with Gasteiger partial charge in [0.15, 0.2) is 0 Å². The summed E-state index contributed by atoms with van der Waals surface area (Å²) < 4.78 is 1.68. The Kier molecular flexibility index (Phi) is 4.02. The largest absolute Gasteiger partial charge is 0.396 e. The first-order valence-electron chi connectivity index (χ1n) is 5.60. The SMILES string of the molecule is Cc1nn(C)c(Cl)c1CC(C)(CO)C(C)C. The van der Waals surface area contributed by atoms with E-state index in [1.54, 1.807) is 4.68 Å². The third-order valence-corrected chi connectivity index (χ3v) is 4.08. The second-order valence-corrected chi connectivity index (χ2v) is 5.48. The van der Waals surface area contributed by atoms with E-state index in [-0.39, 0.29) is 12.0 Å². The lowest BCUT2D eigenvalue weighted by atomic mass is 9.75. The molecule has 0 spiro atoms. The van der Waals surface area contributed by atoms with Crippen molar-refractivity contribution in [1.82, 2.24) is 9.78 Å². The average molecular weight is 245 g/mol. The van der Waals surface area contributed by atoms with E-state index in [0.29, 0.717) is 11.1 Å². The highest BCUT2D eigenvalue weighted by atomic mass is 35.5. The number of aliphatic hydroxyl groups excluding tert-OH is 1. The first kappa shape index (κ1) is 13.5. The van der Waals surface area contributed by atoms with Gasteiger partial charge >= 0.3 is 0 Å². The summed E-state index contributed by atoms with van der Waals surface area (Å²) in [7, 11) is 1.84. The molecular weight excluding hydrogens is 224 g/mol. The van der Waals surface area contributed by atoms with E-state index in [1.807, 2.05) is 14.0 Å². The highest BCUT2D eigenvalue weighted by Gasteiger charge is 2.30. The van der Waals surface area contributed by atoms with Crippen molar-refractivity contribution in [3.63, 3.8) is 0 Å². The van der Waals surface area contributed by atoms with Gasteiger partial charge in [-0.1, -0.05) is 32.4 Å². The van der Waals surface area contributed by atoms with Crippen LogP contribution in [-0.4, -0.2) is 21.5 Å². The van der Waals surface area contributed by atoms with Crippen molar-refractivity contribution in [3.8, 4) is 0 Å². The normalized spacial score (nSPS) is 15.5. The number of halogens is 1. The van der Waals surface area contributed by atoms with Gasteiger partial charge in [-0.25, -0.2) is 0 Å². The molecule has 0 fully saturated rings. The lowest BCUT2D eigenvalue weighted by molar-refractivity contribution is 0.0946. The fourth-order valence-electron chi connectivity index (χ4n) is 1.72. The van der Waals surface area contributed by atoms with Gasteiger partial charge in [0.1, 0.15) is 5.15 Å². The van der Waals surface area contributed by atoms with Crippen molar-refractivity contribution in [1.29, 1.82) is 0 Å². The highest BCUT2D eigenvalue weighted by molar-refractivity contribution is 6.30. The minimum Gasteiger partial charge on any atom is -0.396 e. The van der Waals surface area contributed by atoms with E-state index in [9.17, 15) is 5.11 Å². The van der Waals surface area contributed by atoms with Crippen molar-refractivity contribution >= 4 is 11.6 Å². The zero-order valence-electron chi connectivity index (χ0n) is 10.7. The number of hydrogen-bond acceptors (Lipinski definition) is 2. The molecule has 0 saturated heterocycles. The van der Waals surface area contributed by atoms with Crippen molar-refractivity contribution in [2.75, 3.05) is 6.61 Å². The van der Waals surface area contributed by atoms with Gasteiger partial charge in [-0.3, -0.25) is 4.68 Å². The number of rotatable bonds is 4. The third-order valence-electron chi connectivity index (χ3n) is 3.61. The first-order valence-corrected chi connectivity index (χ1v) is 5.98. The smallest absolute Gasteiger partial charge is 0.130 e. The summed E-state index contributed by atoms with van der Waals surface area (Å²) in [5.74, 6) is 0.396. The van der Waals surface area contributed by atoms with Crippen LogP contribution in [0.4, 0.5) is 0 Å². The molecule has 0 aliphatic carbocycles. The molecule has 1 aromatic heterocycles. The van der Waals surface area contributed by atoms with Crippen molar-refractivity contribution < 1.29 is 5.11 Å². The van der Waals surface area contributed by atoms with Crippen LogP contribution in [0.1, 0.15) is 32.0 Å². The van der Waals surface area contributed by atoms with Crippen LogP contribution < -0.4 is 0 Å². The Morgan fingerprint density at radius 2 is 2.06 bits per heavy atom. The van der Waals surface area contributed by atoms with E-state index in [0.717, 1.165) is 17.7 Å². The van der Waals surface area contributed by atoms with Gasteiger partial charge in [0, 0.05) is 19.2 Å². The van der Waals surface area contributed by atoms with Crippen LogP contribution in [0.5, 0.6) is 0 Å². The summed E-state index contributed by atoms with van der Waals surface area (Å²) in [4.78, 5) is 0. The maximum atomic E-state index is 9.54. The zero-order valence-corrected chi connectivity index (χ0v) is 11.5. The average Bonchev–Trinajstić information content (AvgIpc) is 2.44. The molecule has 1 aromatic rings. The number of nitrogens with zero attached hydrogens (tertiary/aromatic N) is 2. The Hall–Kier alpha value is -0.540. The van der Waals surface area contributed by atoms with Crippen LogP contribution in [-0.2, 0) is 13.5 Å². The van der Waals surface area contributed by atoms with Gasteiger partial charge in [-0.2, -0.15) is 5.10 Å². The number of aliphatic hydroxyl groups is 1. The molecule has 0 amide bonds. The Morgan fingerprint density at radius 1 is 1.50 bits per heavy atom. The van der Waals surface area contributed by atoms with Crippen LogP contribution >= 0.6 is 11.6 Å². The number of aryl methyl sites for hydroxylation is 2. The second-order valence-electron chi connectivity index (χ2n) is 5.12. The molecule has 0 aliphatic heterocycles. The molecule has 0 bridgehead atoms.